The molecule has 0 spiro atoms. The van der Waals surface area contributed by atoms with Gasteiger partial charge in [-0.15, -0.1) is 0 Å². The third kappa shape index (κ3) is 6.98. The monoisotopic (exact) mass is 638 g/mol. The van der Waals surface area contributed by atoms with Crippen LogP contribution in [-0.2, 0) is 21.7 Å². The zero-order valence-electron chi connectivity index (χ0n) is 30.5. The molecule has 0 aliphatic heterocycles. The summed E-state index contributed by atoms with van der Waals surface area (Å²) >= 11 is 1.82. The van der Waals surface area contributed by atoms with Crippen molar-refractivity contribution in [2.45, 2.75) is 126 Å². The highest BCUT2D eigenvalue weighted by molar-refractivity contribution is 7.99. The Kier molecular flexibility index (Phi) is 8.80. The van der Waals surface area contributed by atoms with E-state index in [4.69, 9.17) is 0 Å². The van der Waals surface area contributed by atoms with Gasteiger partial charge >= 0.3 is 0 Å². The molecule has 0 N–H and O–H groups in total. The number of hydrogen-bond donors (Lipinski definition) is 0. The van der Waals surface area contributed by atoms with Crippen LogP contribution >= 0.6 is 11.8 Å². The van der Waals surface area contributed by atoms with Gasteiger partial charge in [-0.1, -0.05) is 140 Å². The summed E-state index contributed by atoms with van der Waals surface area (Å²) < 4.78 is 0. The molecule has 0 bridgehead atoms. The highest BCUT2D eigenvalue weighted by Gasteiger charge is 2.38. The molecule has 6 rings (SSSR count). The Morgan fingerprint density at radius 1 is 0.447 bits per heavy atom. The van der Waals surface area contributed by atoms with Gasteiger partial charge in [-0.25, -0.2) is 0 Å². The van der Waals surface area contributed by atoms with E-state index in [1.54, 1.807) is 0 Å². The lowest BCUT2D eigenvalue weighted by Crippen LogP contribution is -2.33. The predicted octanol–water partition coefficient (Wildman–Crippen LogP) is 13.7. The van der Waals surface area contributed by atoms with Gasteiger partial charge in [0.15, 0.2) is 0 Å². The van der Waals surface area contributed by atoms with E-state index in [1.807, 2.05) is 11.8 Å². The quantitative estimate of drug-likeness (QED) is 0.189. The third-order valence-electron chi connectivity index (χ3n) is 11.4. The molecule has 47 heavy (non-hydrogen) atoms. The second-order valence-corrected chi connectivity index (χ2v) is 18.1. The minimum absolute atomic E-state index is 0.226. The van der Waals surface area contributed by atoms with E-state index in [9.17, 15) is 0 Å². The molecule has 0 unspecified atom stereocenters. The Morgan fingerprint density at radius 2 is 0.766 bits per heavy atom. The van der Waals surface area contributed by atoms with Crippen molar-refractivity contribution in [3.63, 3.8) is 0 Å². The lowest BCUT2D eigenvalue weighted by molar-refractivity contribution is 0.332. The number of rotatable bonds is 6. The van der Waals surface area contributed by atoms with Gasteiger partial charge in [0.1, 0.15) is 0 Å². The van der Waals surface area contributed by atoms with E-state index < -0.39 is 0 Å². The fraction of sp³-hybridized carbons (Fsp3) is 0.391. The first-order valence-electron chi connectivity index (χ1n) is 17.6. The SMILES string of the molecule is C/C(=C\c1ccc(Sc2ccc(/C=C(\C)c3ccc4c(c3)C(C)(C)CCC4(C)C)cc2)cc1)c1ccc2c(c1)C(C)(C)CCC2(C)C. The molecule has 0 heterocycles. The largest absolute Gasteiger partial charge is 0.0901 e. The Hall–Kier alpha value is -3.29. The summed E-state index contributed by atoms with van der Waals surface area (Å²) in [5.41, 5.74) is 14.8. The second-order valence-electron chi connectivity index (χ2n) is 17.0. The average molecular weight is 639 g/mol. The molecule has 1 heteroatoms. The van der Waals surface area contributed by atoms with E-state index in [2.05, 4.69) is 166 Å². The lowest BCUT2D eigenvalue weighted by Gasteiger charge is -2.42. The molecule has 0 radical (unpaired) electrons. The van der Waals surface area contributed by atoms with E-state index >= 15 is 0 Å². The smallest absolute Gasteiger partial charge is 0.0122 e. The van der Waals surface area contributed by atoms with Crippen molar-refractivity contribution in [1.29, 1.82) is 0 Å². The van der Waals surface area contributed by atoms with E-state index in [-0.39, 0.29) is 21.7 Å². The van der Waals surface area contributed by atoms with Crippen LogP contribution in [0.5, 0.6) is 0 Å². The second kappa shape index (κ2) is 12.3. The normalized spacial score (nSPS) is 19.5. The van der Waals surface area contributed by atoms with Crippen LogP contribution in [0, 0.1) is 0 Å². The Bertz CT molecular complexity index is 1700. The van der Waals surface area contributed by atoms with E-state index in [0.29, 0.717) is 0 Å². The van der Waals surface area contributed by atoms with Crippen molar-refractivity contribution in [2.24, 2.45) is 0 Å². The Labute approximate surface area is 289 Å². The van der Waals surface area contributed by atoms with Crippen molar-refractivity contribution in [1.82, 2.24) is 0 Å². The Balaban J connectivity index is 1.13. The van der Waals surface area contributed by atoms with Gasteiger partial charge in [-0.3, -0.25) is 0 Å². The van der Waals surface area contributed by atoms with Gasteiger partial charge in [0.25, 0.3) is 0 Å². The van der Waals surface area contributed by atoms with E-state index in [1.165, 1.54) is 91.1 Å². The topological polar surface area (TPSA) is 0 Å². The zero-order chi connectivity index (χ0) is 33.8. The minimum Gasteiger partial charge on any atom is -0.0901 e. The first kappa shape index (κ1) is 33.6. The summed E-state index contributed by atoms with van der Waals surface area (Å²) in [4.78, 5) is 2.52. The van der Waals surface area contributed by atoms with Crippen LogP contribution in [0.1, 0.15) is 139 Å². The molecule has 4 aromatic carbocycles. The maximum Gasteiger partial charge on any atom is 0.0122 e. The molecule has 0 saturated carbocycles. The highest BCUT2D eigenvalue weighted by Crippen LogP contribution is 2.48. The molecular formula is C46H54S. The minimum atomic E-state index is 0.226. The molecule has 0 aromatic heterocycles. The highest BCUT2D eigenvalue weighted by atomic mass is 32.2. The summed E-state index contributed by atoms with van der Waals surface area (Å²) in [6, 6.07) is 32.3. The third-order valence-corrected chi connectivity index (χ3v) is 12.4. The van der Waals surface area contributed by atoms with E-state index in [0.717, 1.165) is 0 Å². The summed E-state index contributed by atoms with van der Waals surface area (Å²) in [7, 11) is 0. The van der Waals surface area contributed by atoms with Crippen LogP contribution in [-0.4, -0.2) is 0 Å². The molecule has 2 aliphatic carbocycles. The molecule has 0 amide bonds. The van der Waals surface area contributed by atoms with Crippen LogP contribution in [0.4, 0.5) is 0 Å². The van der Waals surface area contributed by atoms with Crippen LogP contribution in [0.3, 0.4) is 0 Å². The maximum atomic E-state index is 2.46. The van der Waals surface area contributed by atoms with Crippen molar-refractivity contribution in [3.8, 4) is 0 Å². The molecule has 4 aromatic rings. The number of fused-ring (bicyclic) bond motifs is 2. The first-order chi connectivity index (χ1) is 22.0. The molecule has 0 saturated heterocycles. The molecule has 0 fully saturated rings. The molecular weight excluding hydrogens is 585 g/mol. The number of hydrogen-bond acceptors (Lipinski definition) is 1. The fourth-order valence-electron chi connectivity index (χ4n) is 7.73. The van der Waals surface area contributed by atoms with Gasteiger partial charge in [0.05, 0.1) is 0 Å². The van der Waals surface area contributed by atoms with Gasteiger partial charge in [-0.05, 0) is 141 Å². The zero-order valence-corrected chi connectivity index (χ0v) is 31.3. The summed E-state index contributed by atoms with van der Waals surface area (Å²) in [5.74, 6) is 0. The number of allylic oxidation sites excluding steroid dienone is 2. The van der Waals surface area contributed by atoms with Crippen LogP contribution < -0.4 is 0 Å². The molecule has 244 valence electrons. The van der Waals surface area contributed by atoms with Crippen molar-refractivity contribution < 1.29 is 0 Å². The summed E-state index contributed by atoms with van der Waals surface area (Å²) in [6.07, 6.45) is 9.63. The maximum absolute atomic E-state index is 2.46. The fourth-order valence-corrected chi connectivity index (χ4v) is 8.55. The lowest BCUT2D eigenvalue weighted by atomic mass is 9.63. The Morgan fingerprint density at radius 3 is 1.11 bits per heavy atom. The van der Waals surface area contributed by atoms with Crippen molar-refractivity contribution >= 4 is 35.1 Å². The molecule has 2 aliphatic rings. The van der Waals surface area contributed by atoms with Crippen molar-refractivity contribution in [2.75, 3.05) is 0 Å². The van der Waals surface area contributed by atoms with Crippen LogP contribution in [0.2, 0.25) is 0 Å². The average Bonchev–Trinajstić information content (AvgIpc) is 3.03. The van der Waals surface area contributed by atoms with Gasteiger partial charge in [0, 0.05) is 9.79 Å². The van der Waals surface area contributed by atoms with Gasteiger partial charge in [-0.2, -0.15) is 0 Å². The molecule has 0 nitrogen and oxygen atoms in total. The first-order valence-corrected chi connectivity index (χ1v) is 18.4. The summed E-state index contributed by atoms with van der Waals surface area (Å²) in [6.45, 7) is 23.7. The van der Waals surface area contributed by atoms with Crippen LogP contribution in [0.25, 0.3) is 23.3 Å². The van der Waals surface area contributed by atoms with Crippen LogP contribution in [0.15, 0.2) is 94.7 Å². The van der Waals surface area contributed by atoms with Gasteiger partial charge in [0.2, 0.25) is 0 Å². The molecule has 0 atom stereocenters. The van der Waals surface area contributed by atoms with Crippen molar-refractivity contribution in [3.05, 3.63) is 129 Å². The standard InChI is InChI=1S/C46H54S/c1-31(35-15-21-39-41(29-35)45(7,8)25-23-43(39,3)4)27-33-11-17-37(18-12-33)47-38-19-13-34(14-20-38)28-32(2)36-16-22-40-42(30-36)46(9,10)26-24-44(40,5)6/h11-22,27-30H,23-26H2,1-10H3/b31-27+,32-28+. The number of benzene rings is 4. The van der Waals surface area contributed by atoms with Gasteiger partial charge < -0.3 is 0 Å². The summed E-state index contributed by atoms with van der Waals surface area (Å²) in [5, 5.41) is 0. The predicted molar refractivity (Wildman–Crippen MR) is 208 cm³/mol.